The Bertz CT molecular complexity index is 1610. The Kier molecular flexibility index (Phi) is 25.4. The summed E-state index contributed by atoms with van der Waals surface area (Å²) in [6, 6.07) is 17.3. The van der Waals surface area contributed by atoms with Gasteiger partial charge in [0.05, 0.1) is 13.2 Å². The van der Waals surface area contributed by atoms with E-state index in [1.54, 1.807) is 0 Å². The Hall–Kier alpha value is -1.91. The van der Waals surface area contributed by atoms with E-state index in [0.29, 0.717) is 36.5 Å². The molecule has 0 aliphatic carbocycles. The van der Waals surface area contributed by atoms with E-state index in [0.717, 1.165) is 49.5 Å². The Balaban J connectivity index is 1.10. The highest BCUT2D eigenvalue weighted by Gasteiger charge is 2.43. The molecular weight excluding hydrogens is 841 g/mol. The fourth-order valence-electron chi connectivity index (χ4n) is 9.83. The SMILES string of the molecule is CC#CC(CCC(CCCCCCCCc1cccc(OCC2CO2)c1)[Si](C)(C)OC)[Si](C)(C)O[Si](C)(C)C(CCC)CCCCCCCCCCCc1cccc(OCC2CO2)c1. The quantitative estimate of drug-likeness (QED) is 0.0289. The van der Waals surface area contributed by atoms with Crippen molar-refractivity contribution in [3.05, 3.63) is 59.7 Å². The number of epoxide rings is 2. The van der Waals surface area contributed by atoms with E-state index < -0.39 is 25.0 Å². The Labute approximate surface area is 396 Å². The van der Waals surface area contributed by atoms with Crippen LogP contribution in [-0.4, -0.2) is 70.7 Å². The van der Waals surface area contributed by atoms with Crippen molar-refractivity contribution in [3.8, 4) is 23.3 Å². The van der Waals surface area contributed by atoms with Crippen LogP contribution in [0.5, 0.6) is 11.5 Å². The van der Waals surface area contributed by atoms with Crippen LogP contribution in [0.2, 0.25) is 55.9 Å². The molecule has 2 saturated heterocycles. The minimum Gasteiger partial charge on any atom is -0.491 e. The highest BCUT2D eigenvalue weighted by Crippen LogP contribution is 2.42. The molecule has 0 bridgehead atoms. The zero-order valence-electron chi connectivity index (χ0n) is 42.5. The van der Waals surface area contributed by atoms with Crippen molar-refractivity contribution in [1.82, 2.24) is 0 Å². The monoisotopic (exact) mass is 935 g/mol. The van der Waals surface area contributed by atoms with E-state index in [9.17, 15) is 0 Å². The minimum atomic E-state index is -2.07. The Morgan fingerprint density at radius 3 is 1.42 bits per heavy atom. The molecule has 6 nitrogen and oxygen atoms in total. The van der Waals surface area contributed by atoms with Crippen molar-refractivity contribution in [2.75, 3.05) is 33.5 Å². The molecule has 9 heteroatoms. The zero-order valence-corrected chi connectivity index (χ0v) is 45.5. The first-order chi connectivity index (χ1) is 30.8. The van der Waals surface area contributed by atoms with Crippen LogP contribution in [0.1, 0.15) is 160 Å². The van der Waals surface area contributed by atoms with Crippen molar-refractivity contribution in [2.45, 2.75) is 230 Å². The van der Waals surface area contributed by atoms with Gasteiger partial charge in [0, 0.05) is 12.7 Å². The maximum atomic E-state index is 7.53. The van der Waals surface area contributed by atoms with Crippen LogP contribution >= 0.6 is 0 Å². The molecule has 2 heterocycles. The number of hydrogen-bond donors (Lipinski definition) is 0. The number of hydrogen-bond acceptors (Lipinski definition) is 6. The van der Waals surface area contributed by atoms with Crippen LogP contribution in [0, 0.1) is 11.8 Å². The largest absolute Gasteiger partial charge is 0.491 e. The molecule has 0 radical (unpaired) electrons. The lowest BCUT2D eigenvalue weighted by atomic mass is 10.0. The molecule has 0 aromatic heterocycles. The molecule has 2 aromatic carbocycles. The predicted octanol–water partition coefficient (Wildman–Crippen LogP) is 15.7. The summed E-state index contributed by atoms with van der Waals surface area (Å²) < 4.78 is 36.1. The van der Waals surface area contributed by atoms with Gasteiger partial charge in [0.15, 0.2) is 25.0 Å². The number of aryl methyl sites for hydroxylation is 2. The van der Waals surface area contributed by atoms with Gasteiger partial charge in [-0.15, -0.1) is 11.8 Å². The molecule has 2 aliphatic rings. The average molecular weight is 936 g/mol. The second-order valence-corrected chi connectivity index (χ2v) is 34.2. The standard InChI is InChI=1S/C55H94O6Si3/c1-10-29-53(37-25-21-16-14-12-13-15-19-23-31-47-33-27-35-49(41-47)57-43-51-45-59-51)63(6,7)61-64(8,9)54(30-11-2)39-40-55(62(4,5)56-3)38-26-22-18-17-20-24-32-48-34-28-36-50(42-48)58-44-52-46-60-52/h27-28,33-36,41-42,51-55H,10,12-26,29,31-32,37-40,43-46H2,1-9H3. The molecule has 4 rings (SSSR count). The van der Waals surface area contributed by atoms with Crippen molar-refractivity contribution >= 4 is 25.0 Å². The number of benzene rings is 2. The molecular formula is C55H94O6Si3. The lowest BCUT2D eigenvalue weighted by Crippen LogP contribution is -2.50. The van der Waals surface area contributed by atoms with Crippen LogP contribution in [-0.2, 0) is 30.9 Å². The van der Waals surface area contributed by atoms with Crippen molar-refractivity contribution < 1.29 is 27.5 Å². The maximum absolute atomic E-state index is 7.53. The molecule has 0 spiro atoms. The Morgan fingerprint density at radius 2 is 1.00 bits per heavy atom. The first-order valence-corrected chi connectivity index (χ1v) is 35.1. The van der Waals surface area contributed by atoms with Gasteiger partial charge in [-0.3, -0.25) is 0 Å². The van der Waals surface area contributed by atoms with Gasteiger partial charge in [-0.25, -0.2) is 0 Å². The first kappa shape index (κ1) is 54.7. The summed E-state index contributed by atoms with van der Waals surface area (Å²) in [6.45, 7) is 22.4. The lowest BCUT2D eigenvalue weighted by molar-refractivity contribution is 0.263. The van der Waals surface area contributed by atoms with Gasteiger partial charge in [-0.1, -0.05) is 140 Å². The van der Waals surface area contributed by atoms with E-state index >= 15 is 0 Å². The van der Waals surface area contributed by atoms with Crippen molar-refractivity contribution in [1.29, 1.82) is 0 Å². The van der Waals surface area contributed by atoms with Gasteiger partial charge in [0.2, 0.25) is 0 Å². The van der Waals surface area contributed by atoms with Crippen molar-refractivity contribution in [3.63, 3.8) is 0 Å². The van der Waals surface area contributed by atoms with Gasteiger partial charge in [0.25, 0.3) is 0 Å². The third-order valence-electron chi connectivity index (χ3n) is 14.4. The third-order valence-corrected chi connectivity index (χ3v) is 26.8. The first-order valence-electron chi connectivity index (χ1n) is 26.2. The zero-order chi connectivity index (χ0) is 46.1. The normalized spacial score (nSPS) is 17.6. The molecule has 2 fully saturated rings. The van der Waals surface area contributed by atoms with Crippen LogP contribution in [0.3, 0.4) is 0 Å². The summed E-state index contributed by atoms with van der Waals surface area (Å²) in [6.07, 6.45) is 30.4. The van der Waals surface area contributed by atoms with Crippen LogP contribution in [0.15, 0.2) is 48.5 Å². The maximum Gasteiger partial charge on any atom is 0.189 e. The van der Waals surface area contributed by atoms with Gasteiger partial charge in [-0.05, 0) is 131 Å². The number of rotatable bonds is 38. The summed E-state index contributed by atoms with van der Waals surface area (Å²) in [5, 5.41) is 0. The van der Waals surface area contributed by atoms with Crippen LogP contribution in [0.25, 0.3) is 0 Å². The van der Waals surface area contributed by atoms with Gasteiger partial charge in [-0.2, -0.15) is 0 Å². The third kappa shape index (κ3) is 22.3. The predicted molar refractivity (Wildman–Crippen MR) is 279 cm³/mol. The summed E-state index contributed by atoms with van der Waals surface area (Å²) >= 11 is 0. The van der Waals surface area contributed by atoms with Gasteiger partial charge in [0.1, 0.15) is 36.9 Å². The van der Waals surface area contributed by atoms with Crippen molar-refractivity contribution in [2.24, 2.45) is 0 Å². The van der Waals surface area contributed by atoms with E-state index in [2.05, 4.69) is 107 Å². The molecule has 0 saturated carbocycles. The fraction of sp³-hybridized carbons (Fsp3) is 0.745. The fourth-order valence-corrected chi connectivity index (χ4v) is 21.8. The summed E-state index contributed by atoms with van der Waals surface area (Å²) in [7, 11) is -3.84. The second-order valence-electron chi connectivity index (χ2n) is 21.0. The minimum absolute atomic E-state index is 0.299. The molecule has 5 atom stereocenters. The second kappa shape index (κ2) is 29.8. The van der Waals surface area contributed by atoms with E-state index in [1.807, 2.05) is 14.0 Å². The molecule has 0 amide bonds. The van der Waals surface area contributed by atoms with E-state index in [1.165, 1.54) is 140 Å². The number of unbranched alkanes of at least 4 members (excludes halogenated alkanes) is 13. The summed E-state index contributed by atoms with van der Waals surface area (Å²) in [4.78, 5) is 0. The topological polar surface area (TPSA) is 62.0 Å². The molecule has 2 aliphatic heterocycles. The number of ether oxygens (including phenoxy) is 4. The average Bonchev–Trinajstić information content (AvgIpc) is 4.22. The molecule has 5 unspecified atom stereocenters. The van der Waals surface area contributed by atoms with Gasteiger partial charge < -0.3 is 27.5 Å². The molecule has 362 valence electrons. The van der Waals surface area contributed by atoms with E-state index in [-0.39, 0.29) is 0 Å². The molecule has 0 N–H and O–H groups in total. The highest BCUT2D eigenvalue weighted by molar-refractivity contribution is 6.86. The molecule has 2 aromatic rings. The molecule has 64 heavy (non-hydrogen) atoms. The summed E-state index contributed by atoms with van der Waals surface area (Å²) in [5.74, 6) is 9.06. The smallest absolute Gasteiger partial charge is 0.189 e. The summed E-state index contributed by atoms with van der Waals surface area (Å²) in [5.41, 5.74) is 4.53. The Morgan fingerprint density at radius 1 is 0.562 bits per heavy atom. The van der Waals surface area contributed by atoms with Gasteiger partial charge >= 0.3 is 0 Å². The van der Waals surface area contributed by atoms with Crippen LogP contribution < -0.4 is 9.47 Å². The van der Waals surface area contributed by atoms with Crippen LogP contribution in [0.4, 0.5) is 0 Å². The van der Waals surface area contributed by atoms with E-state index in [4.69, 9.17) is 27.5 Å². The highest BCUT2D eigenvalue weighted by atomic mass is 28.4. The lowest BCUT2D eigenvalue weighted by Gasteiger charge is -2.42.